The first-order valence-electron chi connectivity index (χ1n) is 6.91. The number of nitrogens with zero attached hydrogens (tertiary/aromatic N) is 1. The third kappa shape index (κ3) is 4.27. The van der Waals surface area contributed by atoms with E-state index in [0.29, 0.717) is 30.4 Å². The fourth-order valence-electron chi connectivity index (χ4n) is 2.17. The lowest BCUT2D eigenvalue weighted by Gasteiger charge is -2.26. The molecule has 0 spiro atoms. The van der Waals surface area contributed by atoms with E-state index in [1.54, 1.807) is 0 Å². The molecule has 1 aromatic rings. The summed E-state index contributed by atoms with van der Waals surface area (Å²) in [5, 5.41) is 9.82. The lowest BCUT2D eigenvalue weighted by atomic mass is 10.0. The summed E-state index contributed by atoms with van der Waals surface area (Å²) in [7, 11) is 3.95. The first-order chi connectivity index (χ1) is 9.54. The van der Waals surface area contributed by atoms with Crippen molar-refractivity contribution >= 4 is 11.6 Å². The van der Waals surface area contributed by atoms with Gasteiger partial charge in [0.05, 0.1) is 18.2 Å². The number of hydrogen-bond donors (Lipinski definition) is 1. The van der Waals surface area contributed by atoms with E-state index >= 15 is 0 Å². The summed E-state index contributed by atoms with van der Waals surface area (Å²) in [5.74, 6) is 1.38. The van der Waals surface area contributed by atoms with Crippen LogP contribution in [0.2, 0.25) is 5.02 Å². The largest absolute Gasteiger partial charge is 0.493 e. The SMILES string of the molecule is CCOc1cc(OCC)c(C(CCO)N(C)C)cc1Cl. The molecule has 4 nitrogen and oxygen atoms in total. The molecule has 1 atom stereocenters. The Morgan fingerprint density at radius 3 is 2.25 bits per heavy atom. The van der Waals surface area contributed by atoms with Gasteiger partial charge in [0.25, 0.3) is 0 Å². The van der Waals surface area contributed by atoms with Gasteiger partial charge in [0.2, 0.25) is 0 Å². The number of benzene rings is 1. The van der Waals surface area contributed by atoms with Crippen molar-refractivity contribution in [1.82, 2.24) is 4.90 Å². The Morgan fingerprint density at radius 1 is 1.15 bits per heavy atom. The highest BCUT2D eigenvalue weighted by Gasteiger charge is 2.20. The smallest absolute Gasteiger partial charge is 0.141 e. The van der Waals surface area contributed by atoms with Crippen molar-refractivity contribution in [2.75, 3.05) is 33.9 Å². The highest BCUT2D eigenvalue weighted by atomic mass is 35.5. The normalized spacial score (nSPS) is 12.6. The Morgan fingerprint density at radius 2 is 1.75 bits per heavy atom. The molecule has 5 heteroatoms. The topological polar surface area (TPSA) is 41.9 Å². The highest BCUT2D eigenvalue weighted by molar-refractivity contribution is 6.32. The van der Waals surface area contributed by atoms with Crippen LogP contribution < -0.4 is 9.47 Å². The molecule has 0 aromatic heterocycles. The van der Waals surface area contributed by atoms with Gasteiger partial charge >= 0.3 is 0 Å². The molecule has 1 unspecified atom stereocenters. The minimum atomic E-state index is 0.0507. The van der Waals surface area contributed by atoms with Crippen molar-refractivity contribution < 1.29 is 14.6 Å². The van der Waals surface area contributed by atoms with E-state index in [2.05, 4.69) is 0 Å². The summed E-state index contributed by atoms with van der Waals surface area (Å²) < 4.78 is 11.2. The van der Waals surface area contributed by atoms with Crippen LogP contribution in [0.15, 0.2) is 12.1 Å². The molecular formula is C15H24ClNO3. The van der Waals surface area contributed by atoms with Gasteiger partial charge in [-0.2, -0.15) is 0 Å². The van der Waals surface area contributed by atoms with Crippen molar-refractivity contribution in [1.29, 1.82) is 0 Å². The monoisotopic (exact) mass is 301 g/mol. The molecule has 0 amide bonds. The van der Waals surface area contributed by atoms with Gasteiger partial charge in [-0.15, -0.1) is 0 Å². The number of aliphatic hydroxyl groups excluding tert-OH is 1. The zero-order valence-electron chi connectivity index (χ0n) is 12.6. The van der Waals surface area contributed by atoms with E-state index in [1.165, 1.54) is 0 Å². The molecule has 1 rings (SSSR count). The van der Waals surface area contributed by atoms with Gasteiger partial charge in [-0.25, -0.2) is 0 Å². The molecule has 0 fully saturated rings. The van der Waals surface area contributed by atoms with Crippen molar-refractivity contribution in [3.63, 3.8) is 0 Å². The average Bonchev–Trinajstić information content (AvgIpc) is 2.40. The van der Waals surface area contributed by atoms with Crippen LogP contribution in [0.25, 0.3) is 0 Å². The molecule has 0 heterocycles. The molecule has 114 valence electrons. The maximum absolute atomic E-state index is 9.25. The van der Waals surface area contributed by atoms with Crippen LogP contribution in [-0.2, 0) is 0 Å². The average molecular weight is 302 g/mol. The van der Waals surface area contributed by atoms with Crippen molar-refractivity contribution in [2.24, 2.45) is 0 Å². The summed E-state index contributed by atoms with van der Waals surface area (Å²) >= 11 is 6.27. The van der Waals surface area contributed by atoms with E-state index in [4.69, 9.17) is 21.1 Å². The molecular weight excluding hydrogens is 278 g/mol. The molecule has 20 heavy (non-hydrogen) atoms. The Labute approximate surface area is 126 Å². The third-order valence-corrected chi connectivity index (χ3v) is 3.34. The van der Waals surface area contributed by atoms with Gasteiger partial charge in [-0.05, 0) is 40.4 Å². The quantitative estimate of drug-likeness (QED) is 0.801. The number of aliphatic hydroxyl groups is 1. The maximum atomic E-state index is 9.25. The minimum Gasteiger partial charge on any atom is -0.493 e. The molecule has 0 radical (unpaired) electrons. The zero-order chi connectivity index (χ0) is 15.1. The summed E-state index contributed by atoms with van der Waals surface area (Å²) in [6.07, 6.45) is 0.622. The van der Waals surface area contributed by atoms with Crippen LogP contribution in [-0.4, -0.2) is 43.9 Å². The Kier molecular flexibility index (Phi) is 7.13. The Hall–Kier alpha value is -0.970. The molecule has 0 bridgehead atoms. The highest BCUT2D eigenvalue weighted by Crippen LogP contribution is 2.38. The standard InChI is InChI=1S/C15H24ClNO3/c1-5-19-14-10-15(20-6-2)12(16)9-11(14)13(7-8-18)17(3)4/h9-10,13,18H,5-8H2,1-4H3. The van der Waals surface area contributed by atoms with E-state index in [1.807, 2.05) is 45.0 Å². The van der Waals surface area contributed by atoms with Gasteiger partial charge < -0.3 is 19.5 Å². The van der Waals surface area contributed by atoms with Crippen molar-refractivity contribution in [2.45, 2.75) is 26.3 Å². The molecule has 0 saturated heterocycles. The second-order valence-electron chi connectivity index (χ2n) is 4.68. The first kappa shape index (κ1) is 17.1. The number of halogens is 1. The Balaban J connectivity index is 3.24. The van der Waals surface area contributed by atoms with Crippen LogP contribution in [0.4, 0.5) is 0 Å². The molecule has 0 aliphatic carbocycles. The van der Waals surface area contributed by atoms with Crippen molar-refractivity contribution in [3.05, 3.63) is 22.7 Å². The van der Waals surface area contributed by atoms with Crippen molar-refractivity contribution in [3.8, 4) is 11.5 Å². The van der Waals surface area contributed by atoms with E-state index in [0.717, 1.165) is 11.3 Å². The zero-order valence-corrected chi connectivity index (χ0v) is 13.4. The fourth-order valence-corrected chi connectivity index (χ4v) is 2.40. The van der Waals surface area contributed by atoms with E-state index in [9.17, 15) is 5.11 Å². The number of ether oxygens (including phenoxy) is 2. The van der Waals surface area contributed by atoms with E-state index < -0.39 is 0 Å². The lowest BCUT2D eigenvalue weighted by Crippen LogP contribution is -2.22. The fraction of sp³-hybridized carbons (Fsp3) is 0.600. The van der Waals surface area contributed by atoms with Crippen LogP contribution in [0.1, 0.15) is 31.9 Å². The summed E-state index contributed by atoms with van der Waals surface area (Å²) in [6, 6.07) is 3.76. The second-order valence-corrected chi connectivity index (χ2v) is 5.09. The van der Waals surface area contributed by atoms with Gasteiger partial charge in [0, 0.05) is 24.3 Å². The molecule has 0 aliphatic heterocycles. The van der Waals surface area contributed by atoms with Gasteiger partial charge in [0.1, 0.15) is 11.5 Å². The number of rotatable bonds is 8. The van der Waals surface area contributed by atoms with Gasteiger partial charge in [-0.1, -0.05) is 11.6 Å². The van der Waals surface area contributed by atoms with Gasteiger partial charge in [-0.3, -0.25) is 0 Å². The molecule has 1 N–H and O–H groups in total. The van der Waals surface area contributed by atoms with Crippen LogP contribution in [0, 0.1) is 0 Å². The van der Waals surface area contributed by atoms with Crippen LogP contribution in [0.5, 0.6) is 11.5 Å². The van der Waals surface area contributed by atoms with Crippen LogP contribution >= 0.6 is 11.6 Å². The summed E-state index contributed by atoms with van der Waals surface area (Å²) in [6.45, 7) is 5.09. The third-order valence-electron chi connectivity index (χ3n) is 3.05. The number of hydrogen-bond acceptors (Lipinski definition) is 4. The first-order valence-corrected chi connectivity index (χ1v) is 7.29. The van der Waals surface area contributed by atoms with Gasteiger partial charge in [0.15, 0.2) is 0 Å². The summed E-state index contributed by atoms with van der Waals surface area (Å²) in [4.78, 5) is 2.05. The Bertz CT molecular complexity index is 424. The lowest BCUT2D eigenvalue weighted by molar-refractivity contribution is 0.205. The molecule has 1 aromatic carbocycles. The molecule has 0 aliphatic rings. The predicted octanol–water partition coefficient (Wildman–Crippen LogP) is 3.12. The summed E-state index contributed by atoms with van der Waals surface area (Å²) in [5.41, 5.74) is 0.972. The van der Waals surface area contributed by atoms with E-state index in [-0.39, 0.29) is 12.6 Å². The van der Waals surface area contributed by atoms with Crippen LogP contribution in [0.3, 0.4) is 0 Å². The predicted molar refractivity (Wildman–Crippen MR) is 81.9 cm³/mol. The second kappa shape index (κ2) is 8.35. The minimum absolute atomic E-state index is 0.0507. The maximum Gasteiger partial charge on any atom is 0.141 e. The molecule has 0 saturated carbocycles.